The van der Waals surface area contributed by atoms with Crippen molar-refractivity contribution in [2.45, 2.75) is 20.3 Å². The fourth-order valence-electron chi connectivity index (χ4n) is 2.09. The third-order valence-corrected chi connectivity index (χ3v) is 3.97. The molecule has 0 radical (unpaired) electrons. The molecule has 0 aliphatic carbocycles. The maximum Gasteiger partial charge on any atom is 0.270 e. The largest absolute Gasteiger partial charge is 0.270 e. The lowest BCUT2D eigenvalue weighted by Gasteiger charge is -1.98. The van der Waals surface area contributed by atoms with Crippen LogP contribution in [0.3, 0.4) is 0 Å². The Labute approximate surface area is 125 Å². The molecule has 0 amide bonds. The van der Waals surface area contributed by atoms with Crippen molar-refractivity contribution in [1.82, 2.24) is 14.6 Å². The van der Waals surface area contributed by atoms with Gasteiger partial charge >= 0.3 is 0 Å². The van der Waals surface area contributed by atoms with E-state index in [1.165, 1.54) is 12.1 Å². The molecule has 21 heavy (non-hydrogen) atoms. The van der Waals surface area contributed by atoms with Crippen LogP contribution in [-0.4, -0.2) is 19.5 Å². The first-order valence-electron chi connectivity index (χ1n) is 6.63. The topological polar surface area (TPSA) is 73.3 Å². The van der Waals surface area contributed by atoms with Crippen LogP contribution in [0.5, 0.6) is 0 Å². The average molecular weight is 302 g/mol. The quantitative estimate of drug-likeness (QED) is 0.545. The van der Waals surface area contributed by atoms with Crippen molar-refractivity contribution in [1.29, 1.82) is 0 Å². The summed E-state index contributed by atoms with van der Waals surface area (Å²) in [7, 11) is 0. The Balaban J connectivity index is 1.96. The van der Waals surface area contributed by atoms with Crippen LogP contribution >= 0.6 is 11.3 Å². The lowest BCUT2D eigenvalue weighted by Crippen LogP contribution is -1.94. The summed E-state index contributed by atoms with van der Waals surface area (Å²) in [4.78, 5) is 15.7. The first-order chi connectivity index (χ1) is 10.0. The molecule has 0 atom stereocenters. The summed E-state index contributed by atoms with van der Waals surface area (Å²) in [5.74, 6) is 0.553. The van der Waals surface area contributed by atoms with Crippen LogP contribution in [0.4, 0.5) is 5.69 Å². The molecule has 7 heteroatoms. The van der Waals surface area contributed by atoms with Crippen LogP contribution in [-0.2, 0) is 6.42 Å². The molecule has 0 N–H and O–H groups in total. The average Bonchev–Trinajstić information content (AvgIpc) is 2.96. The second-order valence-electron chi connectivity index (χ2n) is 5.25. The number of rotatable bonds is 4. The van der Waals surface area contributed by atoms with Gasteiger partial charge < -0.3 is 0 Å². The van der Waals surface area contributed by atoms with Gasteiger partial charge in [0.05, 0.1) is 16.8 Å². The van der Waals surface area contributed by atoms with Gasteiger partial charge in [0.2, 0.25) is 4.96 Å². The van der Waals surface area contributed by atoms with Crippen LogP contribution in [0.15, 0.2) is 30.5 Å². The second-order valence-corrected chi connectivity index (χ2v) is 6.30. The molecule has 3 aromatic rings. The minimum atomic E-state index is -0.402. The summed E-state index contributed by atoms with van der Waals surface area (Å²) in [5, 5.41) is 16.4. The van der Waals surface area contributed by atoms with Crippen LogP contribution < -0.4 is 0 Å². The zero-order chi connectivity index (χ0) is 15.0. The minimum Gasteiger partial charge on any atom is -0.258 e. The fourth-order valence-corrected chi connectivity index (χ4v) is 3.18. The van der Waals surface area contributed by atoms with Crippen LogP contribution in [0.2, 0.25) is 0 Å². The molecular weight excluding hydrogens is 288 g/mol. The van der Waals surface area contributed by atoms with E-state index in [0.29, 0.717) is 11.6 Å². The molecule has 0 fully saturated rings. The predicted molar refractivity (Wildman–Crippen MR) is 81.5 cm³/mol. The predicted octanol–water partition coefficient (Wildman–Crippen LogP) is 3.56. The summed E-state index contributed by atoms with van der Waals surface area (Å²) in [6.07, 6.45) is 2.74. The number of nitro benzene ring substituents is 1. The lowest BCUT2D eigenvalue weighted by atomic mass is 10.1. The van der Waals surface area contributed by atoms with Crippen LogP contribution in [0.25, 0.3) is 16.2 Å². The van der Waals surface area contributed by atoms with Gasteiger partial charge in [0.1, 0.15) is 5.01 Å². The highest BCUT2D eigenvalue weighted by Crippen LogP contribution is 2.25. The molecule has 2 heterocycles. The molecule has 6 nitrogen and oxygen atoms in total. The van der Waals surface area contributed by atoms with E-state index in [0.717, 1.165) is 22.0 Å². The third-order valence-electron chi connectivity index (χ3n) is 3.02. The van der Waals surface area contributed by atoms with Gasteiger partial charge in [0, 0.05) is 24.1 Å². The van der Waals surface area contributed by atoms with E-state index in [1.807, 2.05) is 12.3 Å². The van der Waals surface area contributed by atoms with Crippen LogP contribution in [0.1, 0.15) is 18.9 Å². The molecule has 0 spiro atoms. The number of imidazole rings is 1. The second kappa shape index (κ2) is 5.25. The van der Waals surface area contributed by atoms with Gasteiger partial charge in [-0.3, -0.25) is 10.1 Å². The molecule has 1 aromatic carbocycles. The Hall–Kier alpha value is -2.28. The number of non-ortho nitro benzene ring substituents is 1. The molecule has 0 saturated heterocycles. The highest BCUT2D eigenvalue weighted by Gasteiger charge is 2.13. The Morgan fingerprint density at radius 1 is 1.43 bits per heavy atom. The van der Waals surface area contributed by atoms with E-state index in [4.69, 9.17) is 0 Å². The van der Waals surface area contributed by atoms with Gasteiger partial charge in [0.15, 0.2) is 0 Å². The molecule has 0 aliphatic rings. The van der Waals surface area contributed by atoms with E-state index in [-0.39, 0.29) is 5.69 Å². The van der Waals surface area contributed by atoms with Crippen molar-refractivity contribution in [2.24, 2.45) is 5.92 Å². The van der Waals surface area contributed by atoms with E-state index in [9.17, 15) is 10.1 Å². The molecule has 2 aromatic heterocycles. The maximum atomic E-state index is 10.8. The van der Waals surface area contributed by atoms with Gasteiger partial charge in [-0.05, 0) is 5.92 Å². The molecule has 0 bridgehead atoms. The van der Waals surface area contributed by atoms with Crippen molar-refractivity contribution in [3.05, 3.63) is 45.6 Å². The number of nitro groups is 1. The van der Waals surface area contributed by atoms with Crippen molar-refractivity contribution >= 4 is 22.0 Å². The molecule has 3 rings (SSSR count). The monoisotopic (exact) mass is 302 g/mol. The number of nitrogens with zero attached hydrogens (tertiary/aromatic N) is 4. The Kier molecular flexibility index (Phi) is 3.42. The molecule has 0 saturated carbocycles. The molecule has 0 unspecified atom stereocenters. The summed E-state index contributed by atoms with van der Waals surface area (Å²) in [6, 6.07) is 6.48. The van der Waals surface area contributed by atoms with Gasteiger partial charge in [-0.15, -0.1) is 0 Å². The smallest absolute Gasteiger partial charge is 0.258 e. The summed E-state index contributed by atoms with van der Waals surface area (Å²) in [6.45, 7) is 4.30. The van der Waals surface area contributed by atoms with E-state index < -0.39 is 4.92 Å². The molecule has 0 aliphatic heterocycles. The Morgan fingerprint density at radius 3 is 2.90 bits per heavy atom. The Bertz CT molecular complexity index is 775. The SMILES string of the molecule is CC(C)Cc1nn2cc(-c3cccc([N+](=O)[O-])c3)nc2s1. The molecular formula is C14H14N4O2S. The summed E-state index contributed by atoms with van der Waals surface area (Å²) in [5.41, 5.74) is 1.50. The van der Waals surface area contributed by atoms with E-state index in [1.54, 1.807) is 21.9 Å². The summed E-state index contributed by atoms with van der Waals surface area (Å²) < 4.78 is 1.75. The van der Waals surface area contributed by atoms with Crippen molar-refractivity contribution in [2.75, 3.05) is 0 Å². The van der Waals surface area contributed by atoms with Crippen molar-refractivity contribution < 1.29 is 4.92 Å². The first-order valence-corrected chi connectivity index (χ1v) is 7.44. The Morgan fingerprint density at radius 2 is 2.24 bits per heavy atom. The normalized spacial score (nSPS) is 11.4. The number of aromatic nitrogens is 3. The van der Waals surface area contributed by atoms with E-state index >= 15 is 0 Å². The first kappa shape index (κ1) is 13.7. The van der Waals surface area contributed by atoms with E-state index in [2.05, 4.69) is 23.9 Å². The van der Waals surface area contributed by atoms with Gasteiger partial charge in [-0.25, -0.2) is 9.50 Å². The summed E-state index contributed by atoms with van der Waals surface area (Å²) >= 11 is 1.56. The number of hydrogen-bond acceptors (Lipinski definition) is 5. The highest BCUT2D eigenvalue weighted by molar-refractivity contribution is 7.16. The van der Waals surface area contributed by atoms with Gasteiger partial charge in [-0.2, -0.15) is 5.10 Å². The number of fused-ring (bicyclic) bond motifs is 1. The van der Waals surface area contributed by atoms with Crippen LogP contribution in [0, 0.1) is 16.0 Å². The fraction of sp³-hybridized carbons (Fsp3) is 0.286. The van der Waals surface area contributed by atoms with Crippen molar-refractivity contribution in [3.63, 3.8) is 0 Å². The number of hydrogen-bond donors (Lipinski definition) is 0. The van der Waals surface area contributed by atoms with Gasteiger partial charge in [-0.1, -0.05) is 37.3 Å². The standard InChI is InChI=1S/C14H14N4O2S/c1-9(2)6-13-16-17-8-12(15-14(17)21-13)10-4-3-5-11(7-10)18(19)20/h3-5,7-9H,6H2,1-2H3. The third kappa shape index (κ3) is 2.78. The number of benzene rings is 1. The maximum absolute atomic E-state index is 10.8. The zero-order valence-corrected chi connectivity index (χ0v) is 12.5. The minimum absolute atomic E-state index is 0.0670. The molecule has 108 valence electrons. The van der Waals surface area contributed by atoms with Gasteiger partial charge in [0.25, 0.3) is 5.69 Å². The zero-order valence-electron chi connectivity index (χ0n) is 11.7. The highest BCUT2D eigenvalue weighted by atomic mass is 32.1. The van der Waals surface area contributed by atoms with Crippen molar-refractivity contribution in [3.8, 4) is 11.3 Å². The lowest BCUT2D eigenvalue weighted by molar-refractivity contribution is -0.384.